The van der Waals surface area contributed by atoms with Crippen LogP contribution in [-0.4, -0.2) is 13.1 Å². The minimum Gasteiger partial charge on any atom is -0.496 e. The first-order valence-electron chi connectivity index (χ1n) is 9.77. The largest absolute Gasteiger partial charge is 0.496 e. The van der Waals surface area contributed by atoms with Crippen molar-refractivity contribution in [3.05, 3.63) is 112 Å². The van der Waals surface area contributed by atoms with Gasteiger partial charge in [-0.05, 0) is 29.3 Å². The van der Waals surface area contributed by atoms with Crippen LogP contribution in [0.15, 0.2) is 94.2 Å². The highest BCUT2D eigenvalue weighted by molar-refractivity contribution is 5.95. The molecular weight excluding hydrogens is 392 g/mol. The molecule has 31 heavy (non-hydrogen) atoms. The number of carbonyl (C=O) groups is 1. The van der Waals surface area contributed by atoms with Gasteiger partial charge in [0.25, 0.3) is 0 Å². The SMILES string of the molecule is COc1cccc2oc(=O)c(Cc3ccccc3)c(OC(=O)/C=C/c3ccccc3)c12. The minimum absolute atomic E-state index is 0.148. The van der Waals surface area contributed by atoms with E-state index in [9.17, 15) is 9.59 Å². The zero-order chi connectivity index (χ0) is 21.6. The lowest BCUT2D eigenvalue weighted by Crippen LogP contribution is -2.15. The summed E-state index contributed by atoms with van der Waals surface area (Å²) in [5.74, 6) is -0.00311. The van der Waals surface area contributed by atoms with Crippen LogP contribution in [0.2, 0.25) is 0 Å². The van der Waals surface area contributed by atoms with Crippen molar-refractivity contribution in [2.75, 3.05) is 7.11 Å². The smallest absolute Gasteiger partial charge is 0.343 e. The monoisotopic (exact) mass is 412 g/mol. The quantitative estimate of drug-likeness (QED) is 0.253. The van der Waals surface area contributed by atoms with Gasteiger partial charge < -0.3 is 13.9 Å². The zero-order valence-corrected chi connectivity index (χ0v) is 16.9. The summed E-state index contributed by atoms with van der Waals surface area (Å²) in [4.78, 5) is 25.5. The maximum atomic E-state index is 12.8. The average molecular weight is 412 g/mol. The van der Waals surface area contributed by atoms with E-state index < -0.39 is 11.6 Å². The van der Waals surface area contributed by atoms with Crippen LogP contribution >= 0.6 is 0 Å². The van der Waals surface area contributed by atoms with Crippen molar-refractivity contribution in [1.29, 1.82) is 0 Å². The summed E-state index contributed by atoms with van der Waals surface area (Å²) >= 11 is 0. The topological polar surface area (TPSA) is 65.7 Å². The molecule has 0 saturated carbocycles. The number of esters is 1. The van der Waals surface area contributed by atoms with E-state index in [-0.39, 0.29) is 23.3 Å². The van der Waals surface area contributed by atoms with E-state index in [2.05, 4.69) is 0 Å². The number of hydrogen-bond donors (Lipinski definition) is 0. The molecule has 0 aliphatic rings. The summed E-state index contributed by atoms with van der Waals surface area (Å²) < 4.78 is 16.7. The van der Waals surface area contributed by atoms with Gasteiger partial charge in [-0.3, -0.25) is 0 Å². The highest BCUT2D eigenvalue weighted by atomic mass is 16.5. The highest BCUT2D eigenvalue weighted by Crippen LogP contribution is 2.36. The molecule has 3 aromatic carbocycles. The fourth-order valence-corrected chi connectivity index (χ4v) is 3.32. The number of methoxy groups -OCH3 is 1. The average Bonchev–Trinajstić information content (AvgIpc) is 2.80. The summed E-state index contributed by atoms with van der Waals surface area (Å²) in [6.07, 6.45) is 3.24. The summed E-state index contributed by atoms with van der Waals surface area (Å²) in [6, 6.07) is 23.9. The van der Waals surface area contributed by atoms with Crippen molar-refractivity contribution in [3.63, 3.8) is 0 Å². The Kier molecular flexibility index (Phi) is 5.94. The third-order valence-corrected chi connectivity index (χ3v) is 4.80. The van der Waals surface area contributed by atoms with Crippen molar-refractivity contribution >= 4 is 23.0 Å². The number of fused-ring (bicyclic) bond motifs is 1. The maximum absolute atomic E-state index is 12.8. The fraction of sp³-hybridized carbons (Fsp3) is 0.0769. The number of ether oxygens (including phenoxy) is 2. The summed E-state index contributed by atoms with van der Waals surface area (Å²) in [7, 11) is 1.51. The van der Waals surface area contributed by atoms with Crippen LogP contribution < -0.4 is 15.1 Å². The summed E-state index contributed by atoms with van der Waals surface area (Å²) in [5, 5.41) is 0.442. The van der Waals surface area contributed by atoms with Gasteiger partial charge in [-0.2, -0.15) is 0 Å². The van der Waals surface area contributed by atoms with Gasteiger partial charge in [0, 0.05) is 12.5 Å². The number of benzene rings is 3. The molecule has 0 N–H and O–H groups in total. The molecule has 0 atom stereocenters. The molecule has 0 saturated heterocycles. The molecule has 1 heterocycles. The van der Waals surface area contributed by atoms with Gasteiger partial charge in [0.1, 0.15) is 16.7 Å². The molecule has 0 spiro atoms. The van der Waals surface area contributed by atoms with Gasteiger partial charge in [-0.25, -0.2) is 9.59 Å². The number of carbonyl (C=O) groups excluding carboxylic acids is 1. The van der Waals surface area contributed by atoms with E-state index in [0.29, 0.717) is 11.1 Å². The Bertz CT molecular complexity index is 1290. The predicted octanol–water partition coefficient (Wildman–Crippen LogP) is 5.01. The lowest BCUT2D eigenvalue weighted by Gasteiger charge is -2.13. The Morgan fingerprint density at radius 1 is 0.935 bits per heavy atom. The molecule has 4 aromatic rings. The van der Waals surface area contributed by atoms with Crippen molar-refractivity contribution < 1.29 is 18.7 Å². The Hall–Kier alpha value is -4.12. The fourth-order valence-electron chi connectivity index (χ4n) is 3.32. The van der Waals surface area contributed by atoms with Crippen LogP contribution in [0, 0.1) is 0 Å². The predicted molar refractivity (Wildman–Crippen MR) is 119 cm³/mol. The normalized spacial score (nSPS) is 11.0. The Morgan fingerprint density at radius 2 is 1.65 bits per heavy atom. The van der Waals surface area contributed by atoms with Gasteiger partial charge in [0.05, 0.1) is 12.7 Å². The van der Waals surface area contributed by atoms with Crippen LogP contribution in [0.3, 0.4) is 0 Å². The van der Waals surface area contributed by atoms with Gasteiger partial charge >= 0.3 is 11.6 Å². The van der Waals surface area contributed by atoms with E-state index in [0.717, 1.165) is 11.1 Å². The first-order chi connectivity index (χ1) is 15.2. The van der Waals surface area contributed by atoms with E-state index >= 15 is 0 Å². The number of rotatable bonds is 6. The Labute approximate surface area is 179 Å². The standard InChI is InChI=1S/C26H20O5/c1-29-21-13-8-14-22-24(21)25(31-23(27)16-15-18-9-4-2-5-10-18)20(26(28)30-22)17-19-11-6-3-7-12-19/h2-16H,17H2,1H3/b16-15+. The Balaban J connectivity index is 1.80. The van der Waals surface area contributed by atoms with Crippen molar-refractivity contribution in [2.45, 2.75) is 6.42 Å². The van der Waals surface area contributed by atoms with Gasteiger partial charge in [-0.1, -0.05) is 66.7 Å². The second kappa shape index (κ2) is 9.13. The third-order valence-electron chi connectivity index (χ3n) is 4.80. The summed E-state index contributed by atoms with van der Waals surface area (Å²) in [5.41, 5.74) is 1.74. The molecule has 0 radical (unpaired) electrons. The van der Waals surface area contributed by atoms with Crippen LogP contribution in [0.5, 0.6) is 11.5 Å². The van der Waals surface area contributed by atoms with Gasteiger partial charge in [-0.15, -0.1) is 0 Å². The van der Waals surface area contributed by atoms with E-state index in [1.807, 2.05) is 60.7 Å². The second-order valence-corrected chi connectivity index (χ2v) is 6.86. The van der Waals surface area contributed by atoms with Crippen LogP contribution in [0.4, 0.5) is 0 Å². The third kappa shape index (κ3) is 4.56. The number of hydrogen-bond acceptors (Lipinski definition) is 5. The first-order valence-corrected chi connectivity index (χ1v) is 9.77. The summed E-state index contributed by atoms with van der Waals surface area (Å²) in [6.45, 7) is 0. The molecule has 5 heteroatoms. The molecule has 1 aromatic heterocycles. The van der Waals surface area contributed by atoms with E-state index in [1.165, 1.54) is 13.2 Å². The van der Waals surface area contributed by atoms with Crippen LogP contribution in [0.25, 0.3) is 17.0 Å². The van der Waals surface area contributed by atoms with Crippen LogP contribution in [-0.2, 0) is 11.2 Å². The first kappa shape index (κ1) is 20.2. The molecule has 0 aliphatic carbocycles. The lowest BCUT2D eigenvalue weighted by atomic mass is 10.0. The van der Waals surface area contributed by atoms with Crippen molar-refractivity contribution in [3.8, 4) is 11.5 Å². The van der Waals surface area contributed by atoms with Crippen molar-refractivity contribution in [1.82, 2.24) is 0 Å². The van der Waals surface area contributed by atoms with E-state index in [1.54, 1.807) is 24.3 Å². The lowest BCUT2D eigenvalue weighted by molar-refractivity contribution is -0.128. The zero-order valence-electron chi connectivity index (χ0n) is 16.9. The molecule has 4 rings (SSSR count). The molecule has 0 bridgehead atoms. The minimum atomic E-state index is -0.601. The van der Waals surface area contributed by atoms with Crippen molar-refractivity contribution in [2.24, 2.45) is 0 Å². The molecule has 0 unspecified atom stereocenters. The van der Waals surface area contributed by atoms with Gasteiger partial charge in [0.2, 0.25) is 0 Å². The Morgan fingerprint density at radius 3 is 2.35 bits per heavy atom. The maximum Gasteiger partial charge on any atom is 0.343 e. The molecule has 5 nitrogen and oxygen atoms in total. The highest BCUT2D eigenvalue weighted by Gasteiger charge is 2.21. The molecule has 0 fully saturated rings. The van der Waals surface area contributed by atoms with E-state index in [4.69, 9.17) is 13.9 Å². The van der Waals surface area contributed by atoms with Crippen LogP contribution in [0.1, 0.15) is 16.7 Å². The molecule has 0 aliphatic heterocycles. The molecule has 154 valence electrons. The molecule has 0 amide bonds. The second-order valence-electron chi connectivity index (χ2n) is 6.86. The molecular formula is C26H20O5. The van der Waals surface area contributed by atoms with Gasteiger partial charge in [0.15, 0.2) is 5.75 Å².